The molecule has 13 heavy (non-hydrogen) atoms. The second-order valence-electron chi connectivity index (χ2n) is 3.44. The second-order valence-corrected chi connectivity index (χ2v) is 3.44. The fourth-order valence-electron chi connectivity index (χ4n) is 1.51. The van der Waals surface area contributed by atoms with E-state index in [1.807, 2.05) is 37.3 Å². The third-order valence-corrected chi connectivity index (χ3v) is 2.31. The Bertz CT molecular complexity index is 246. The molecule has 2 nitrogen and oxygen atoms in total. The van der Waals surface area contributed by atoms with Crippen LogP contribution in [0.15, 0.2) is 30.3 Å². The first-order valence-electron chi connectivity index (χ1n) is 4.61. The van der Waals surface area contributed by atoms with Crippen LogP contribution in [0.4, 0.5) is 0 Å². The van der Waals surface area contributed by atoms with E-state index >= 15 is 0 Å². The largest absolute Gasteiger partial charge is 0.251 e. The molecule has 72 valence electrons. The third kappa shape index (κ3) is 2.29. The van der Waals surface area contributed by atoms with Gasteiger partial charge in [0.25, 0.3) is 0 Å². The zero-order valence-corrected chi connectivity index (χ0v) is 8.16. The molecule has 0 bridgehead atoms. The molecule has 2 heteroatoms. The maximum Gasteiger partial charge on any atom is 0.125 e. The van der Waals surface area contributed by atoms with Gasteiger partial charge in [0.05, 0.1) is 0 Å². The Labute approximate surface area is 79.1 Å². The van der Waals surface area contributed by atoms with Gasteiger partial charge in [0.1, 0.15) is 5.60 Å². The smallest absolute Gasteiger partial charge is 0.125 e. The minimum absolute atomic E-state index is 0.560. The van der Waals surface area contributed by atoms with Crippen LogP contribution in [0.1, 0.15) is 32.3 Å². The molecule has 0 radical (unpaired) electrons. The summed E-state index contributed by atoms with van der Waals surface area (Å²) in [6.45, 7) is 3.96. The predicted octanol–water partition coefficient (Wildman–Crippen LogP) is 3.19. The highest BCUT2D eigenvalue weighted by Gasteiger charge is 2.26. The van der Waals surface area contributed by atoms with Crippen molar-refractivity contribution in [2.45, 2.75) is 32.3 Å². The van der Waals surface area contributed by atoms with Gasteiger partial charge in [-0.3, -0.25) is 5.26 Å². The van der Waals surface area contributed by atoms with Crippen LogP contribution in [-0.2, 0) is 10.5 Å². The van der Waals surface area contributed by atoms with Crippen LogP contribution in [0, 0.1) is 0 Å². The van der Waals surface area contributed by atoms with Gasteiger partial charge in [-0.05, 0) is 18.9 Å². The van der Waals surface area contributed by atoms with E-state index in [0.717, 1.165) is 18.4 Å². The molecule has 0 saturated heterocycles. The minimum Gasteiger partial charge on any atom is -0.251 e. The van der Waals surface area contributed by atoms with Gasteiger partial charge in [0, 0.05) is 0 Å². The predicted molar refractivity (Wildman–Crippen MR) is 52.4 cm³/mol. The maximum absolute atomic E-state index is 8.87. The van der Waals surface area contributed by atoms with Gasteiger partial charge in [0.15, 0.2) is 0 Å². The topological polar surface area (TPSA) is 29.5 Å². The zero-order chi connectivity index (χ0) is 9.73. The first kappa shape index (κ1) is 10.2. The Kier molecular flexibility index (Phi) is 3.46. The Morgan fingerprint density at radius 1 is 1.31 bits per heavy atom. The van der Waals surface area contributed by atoms with Crippen LogP contribution in [-0.4, -0.2) is 5.26 Å². The minimum atomic E-state index is -0.560. The van der Waals surface area contributed by atoms with Crippen molar-refractivity contribution >= 4 is 0 Å². The summed E-state index contributed by atoms with van der Waals surface area (Å²) in [4.78, 5) is 4.56. The van der Waals surface area contributed by atoms with Gasteiger partial charge in [-0.25, -0.2) is 4.89 Å². The molecule has 0 spiro atoms. The van der Waals surface area contributed by atoms with E-state index in [4.69, 9.17) is 5.26 Å². The average Bonchev–Trinajstić information content (AvgIpc) is 2.19. The number of hydrogen-bond donors (Lipinski definition) is 1. The summed E-state index contributed by atoms with van der Waals surface area (Å²) in [5.74, 6) is 0. The summed E-state index contributed by atoms with van der Waals surface area (Å²) in [6.07, 6.45) is 1.79. The summed E-state index contributed by atoms with van der Waals surface area (Å²) in [5, 5.41) is 8.87. The van der Waals surface area contributed by atoms with Crippen LogP contribution in [0.25, 0.3) is 0 Å². The van der Waals surface area contributed by atoms with Crippen molar-refractivity contribution in [3.63, 3.8) is 0 Å². The number of rotatable bonds is 4. The van der Waals surface area contributed by atoms with Crippen molar-refractivity contribution in [2.24, 2.45) is 0 Å². The molecule has 0 aliphatic heterocycles. The maximum atomic E-state index is 8.87. The summed E-state index contributed by atoms with van der Waals surface area (Å²) >= 11 is 0. The molecule has 1 aromatic carbocycles. The Morgan fingerprint density at radius 2 is 1.92 bits per heavy atom. The average molecular weight is 180 g/mol. The van der Waals surface area contributed by atoms with E-state index in [1.54, 1.807) is 0 Å². The van der Waals surface area contributed by atoms with E-state index in [-0.39, 0.29) is 0 Å². The SMILES string of the molecule is CCC[C@@](C)(OO)c1ccccc1. The van der Waals surface area contributed by atoms with Gasteiger partial charge >= 0.3 is 0 Å². The van der Waals surface area contributed by atoms with Crippen molar-refractivity contribution in [1.82, 2.24) is 0 Å². The van der Waals surface area contributed by atoms with Crippen molar-refractivity contribution in [3.05, 3.63) is 35.9 Å². The summed E-state index contributed by atoms with van der Waals surface area (Å²) in [6, 6.07) is 9.77. The molecule has 1 aromatic rings. The molecule has 0 saturated carbocycles. The summed E-state index contributed by atoms with van der Waals surface area (Å²) < 4.78 is 0. The fourth-order valence-corrected chi connectivity index (χ4v) is 1.51. The molecule has 0 fully saturated rings. The van der Waals surface area contributed by atoms with Gasteiger partial charge in [-0.2, -0.15) is 0 Å². The number of benzene rings is 1. The lowest BCUT2D eigenvalue weighted by Gasteiger charge is -2.25. The first-order chi connectivity index (χ1) is 6.23. The van der Waals surface area contributed by atoms with Crippen LogP contribution < -0.4 is 0 Å². The lowest BCUT2D eigenvalue weighted by Crippen LogP contribution is -2.24. The Balaban J connectivity index is 2.89. The Hall–Kier alpha value is -0.860. The normalized spacial score (nSPS) is 15.3. The molecule has 1 rings (SSSR count). The molecular formula is C11H16O2. The van der Waals surface area contributed by atoms with E-state index in [1.165, 1.54) is 0 Å². The third-order valence-electron chi connectivity index (χ3n) is 2.31. The van der Waals surface area contributed by atoms with Gasteiger partial charge in [-0.1, -0.05) is 43.7 Å². The van der Waals surface area contributed by atoms with Gasteiger partial charge in [-0.15, -0.1) is 0 Å². The van der Waals surface area contributed by atoms with Crippen LogP contribution in [0.5, 0.6) is 0 Å². The summed E-state index contributed by atoms with van der Waals surface area (Å²) in [5.41, 5.74) is 0.454. The van der Waals surface area contributed by atoms with Crippen LogP contribution in [0.3, 0.4) is 0 Å². The second kappa shape index (κ2) is 4.40. The molecule has 0 heterocycles. The molecule has 0 amide bonds. The molecule has 0 aliphatic carbocycles. The first-order valence-corrected chi connectivity index (χ1v) is 4.61. The highest BCUT2D eigenvalue weighted by atomic mass is 17.1. The fraction of sp³-hybridized carbons (Fsp3) is 0.455. The lowest BCUT2D eigenvalue weighted by atomic mass is 9.91. The standard InChI is InChI=1S/C11H16O2/c1-3-9-11(2,13-12)10-7-5-4-6-8-10/h4-8,12H,3,9H2,1-2H3/t11-/m1/s1. The van der Waals surface area contributed by atoms with Crippen LogP contribution in [0.2, 0.25) is 0 Å². The van der Waals surface area contributed by atoms with Crippen LogP contribution >= 0.6 is 0 Å². The molecular weight excluding hydrogens is 164 g/mol. The van der Waals surface area contributed by atoms with Gasteiger partial charge in [0.2, 0.25) is 0 Å². The highest BCUT2D eigenvalue weighted by Crippen LogP contribution is 2.28. The molecule has 0 unspecified atom stereocenters. The van der Waals surface area contributed by atoms with E-state index in [2.05, 4.69) is 11.8 Å². The van der Waals surface area contributed by atoms with E-state index in [0.29, 0.717) is 0 Å². The highest BCUT2D eigenvalue weighted by molar-refractivity contribution is 5.21. The van der Waals surface area contributed by atoms with Crippen molar-refractivity contribution in [1.29, 1.82) is 0 Å². The molecule has 1 atom stereocenters. The molecule has 1 N–H and O–H groups in total. The zero-order valence-electron chi connectivity index (χ0n) is 8.16. The quantitative estimate of drug-likeness (QED) is 0.569. The monoisotopic (exact) mass is 180 g/mol. The van der Waals surface area contributed by atoms with Crippen molar-refractivity contribution < 1.29 is 10.1 Å². The van der Waals surface area contributed by atoms with Gasteiger partial charge < -0.3 is 0 Å². The molecule has 0 aliphatic rings. The van der Waals surface area contributed by atoms with E-state index < -0.39 is 5.60 Å². The van der Waals surface area contributed by atoms with Crippen molar-refractivity contribution in [3.8, 4) is 0 Å². The van der Waals surface area contributed by atoms with E-state index in [9.17, 15) is 0 Å². The Morgan fingerprint density at radius 3 is 2.38 bits per heavy atom. The molecule has 0 aromatic heterocycles. The number of hydrogen-bond acceptors (Lipinski definition) is 2. The lowest BCUT2D eigenvalue weighted by molar-refractivity contribution is -0.326. The summed E-state index contributed by atoms with van der Waals surface area (Å²) in [7, 11) is 0. The van der Waals surface area contributed by atoms with Crippen molar-refractivity contribution in [2.75, 3.05) is 0 Å².